The number of ether oxygens (including phenoxy) is 1. The van der Waals surface area contributed by atoms with Crippen molar-refractivity contribution in [3.8, 4) is 0 Å². The molecule has 0 saturated carbocycles. The van der Waals surface area contributed by atoms with Crippen LogP contribution >= 0.6 is 0 Å². The van der Waals surface area contributed by atoms with Gasteiger partial charge in [-0.2, -0.15) is 0 Å². The fourth-order valence-electron chi connectivity index (χ4n) is 2.65. The van der Waals surface area contributed by atoms with Crippen LogP contribution in [0.25, 0.3) is 0 Å². The number of hydrogen-bond acceptors (Lipinski definition) is 2. The van der Waals surface area contributed by atoms with Crippen molar-refractivity contribution in [1.82, 2.24) is 0 Å². The average molecular weight is 306 g/mol. The lowest BCUT2D eigenvalue weighted by molar-refractivity contribution is 0.116. The van der Waals surface area contributed by atoms with Gasteiger partial charge in [-0.05, 0) is 25.3 Å². The van der Waals surface area contributed by atoms with Gasteiger partial charge in [0.1, 0.15) is 0 Å². The van der Waals surface area contributed by atoms with Crippen molar-refractivity contribution in [2.24, 2.45) is 0 Å². The summed E-state index contributed by atoms with van der Waals surface area (Å²) in [4.78, 5) is 0. The maximum atomic E-state index is 9.17. The lowest BCUT2D eigenvalue weighted by Crippen LogP contribution is -1.98. The maximum absolute atomic E-state index is 9.17. The highest BCUT2D eigenvalue weighted by Crippen LogP contribution is 2.11. The van der Waals surface area contributed by atoms with E-state index in [0.717, 1.165) is 19.6 Å². The van der Waals surface area contributed by atoms with Crippen LogP contribution in [-0.4, -0.2) is 17.8 Å². The second kappa shape index (κ2) is 13.8. The van der Waals surface area contributed by atoms with E-state index in [4.69, 9.17) is 9.84 Å². The summed E-state index contributed by atoms with van der Waals surface area (Å²) in [7, 11) is 0. The molecule has 0 heterocycles. The van der Waals surface area contributed by atoms with Gasteiger partial charge < -0.3 is 9.84 Å². The SMILES string of the molecule is C[C@H](O)CCCCCCCCCCCOCc1ccccc1. The largest absolute Gasteiger partial charge is 0.393 e. The van der Waals surface area contributed by atoms with Crippen LogP contribution in [0.3, 0.4) is 0 Å². The second-order valence-electron chi connectivity index (χ2n) is 6.36. The van der Waals surface area contributed by atoms with E-state index in [1.165, 1.54) is 63.4 Å². The normalized spacial score (nSPS) is 12.5. The van der Waals surface area contributed by atoms with Gasteiger partial charge in [0.05, 0.1) is 12.7 Å². The van der Waals surface area contributed by atoms with Crippen LogP contribution in [0.5, 0.6) is 0 Å². The summed E-state index contributed by atoms with van der Waals surface area (Å²) in [5, 5.41) is 9.17. The summed E-state index contributed by atoms with van der Waals surface area (Å²) in [5.41, 5.74) is 1.26. The van der Waals surface area contributed by atoms with E-state index in [-0.39, 0.29) is 6.10 Å². The fraction of sp³-hybridized carbons (Fsp3) is 0.700. The minimum Gasteiger partial charge on any atom is -0.393 e. The molecule has 0 aliphatic heterocycles. The van der Waals surface area contributed by atoms with Gasteiger partial charge in [0, 0.05) is 6.61 Å². The molecule has 0 radical (unpaired) electrons. The first-order valence-corrected chi connectivity index (χ1v) is 9.09. The third-order valence-corrected chi connectivity index (χ3v) is 4.02. The zero-order valence-electron chi connectivity index (χ0n) is 14.3. The third kappa shape index (κ3) is 11.8. The lowest BCUT2D eigenvalue weighted by atomic mass is 10.1. The minimum absolute atomic E-state index is 0.121. The third-order valence-electron chi connectivity index (χ3n) is 4.02. The molecule has 1 atom stereocenters. The molecule has 0 amide bonds. The van der Waals surface area contributed by atoms with E-state index in [2.05, 4.69) is 24.3 Å². The molecule has 1 aromatic rings. The fourth-order valence-corrected chi connectivity index (χ4v) is 2.65. The van der Waals surface area contributed by atoms with E-state index >= 15 is 0 Å². The molecule has 0 unspecified atom stereocenters. The van der Waals surface area contributed by atoms with E-state index in [1.807, 2.05) is 13.0 Å². The van der Waals surface area contributed by atoms with Gasteiger partial charge in [0.15, 0.2) is 0 Å². The van der Waals surface area contributed by atoms with Crippen LogP contribution in [-0.2, 0) is 11.3 Å². The van der Waals surface area contributed by atoms with Crippen molar-refractivity contribution in [2.75, 3.05) is 6.61 Å². The topological polar surface area (TPSA) is 29.5 Å². The van der Waals surface area contributed by atoms with Crippen molar-refractivity contribution < 1.29 is 9.84 Å². The summed E-state index contributed by atoms with van der Waals surface area (Å²) < 4.78 is 5.69. The summed E-state index contributed by atoms with van der Waals surface area (Å²) in [6.45, 7) is 3.51. The molecule has 2 heteroatoms. The van der Waals surface area contributed by atoms with Gasteiger partial charge in [0.2, 0.25) is 0 Å². The summed E-state index contributed by atoms with van der Waals surface area (Å²) >= 11 is 0. The molecule has 2 nitrogen and oxygen atoms in total. The second-order valence-corrected chi connectivity index (χ2v) is 6.36. The van der Waals surface area contributed by atoms with Crippen molar-refractivity contribution in [3.63, 3.8) is 0 Å². The van der Waals surface area contributed by atoms with Gasteiger partial charge in [-0.3, -0.25) is 0 Å². The number of hydrogen-bond donors (Lipinski definition) is 1. The first-order valence-electron chi connectivity index (χ1n) is 9.09. The predicted molar refractivity (Wildman–Crippen MR) is 93.9 cm³/mol. The van der Waals surface area contributed by atoms with E-state index in [0.29, 0.717) is 0 Å². The zero-order chi connectivity index (χ0) is 15.9. The molecule has 0 fully saturated rings. The molecule has 0 saturated heterocycles. The zero-order valence-corrected chi connectivity index (χ0v) is 14.3. The number of aliphatic hydroxyl groups excluding tert-OH is 1. The van der Waals surface area contributed by atoms with Crippen LogP contribution < -0.4 is 0 Å². The standard InChI is InChI=1S/C20H34O2/c1-19(21)14-10-7-5-3-2-4-6-8-13-17-22-18-20-15-11-9-12-16-20/h9,11-12,15-16,19,21H,2-8,10,13-14,17-18H2,1H3/t19-/m0/s1. The lowest BCUT2D eigenvalue weighted by Gasteiger charge is -2.05. The molecule has 126 valence electrons. The van der Waals surface area contributed by atoms with Crippen LogP contribution in [0.1, 0.15) is 76.7 Å². The molecule has 1 aromatic carbocycles. The van der Waals surface area contributed by atoms with Crippen molar-refractivity contribution in [3.05, 3.63) is 35.9 Å². The molecule has 0 spiro atoms. The van der Waals surface area contributed by atoms with Gasteiger partial charge in [0.25, 0.3) is 0 Å². The first kappa shape index (κ1) is 19.2. The van der Waals surface area contributed by atoms with Crippen molar-refractivity contribution in [1.29, 1.82) is 0 Å². The Morgan fingerprint density at radius 3 is 1.95 bits per heavy atom. The van der Waals surface area contributed by atoms with E-state index < -0.39 is 0 Å². The van der Waals surface area contributed by atoms with E-state index in [9.17, 15) is 0 Å². The maximum Gasteiger partial charge on any atom is 0.0716 e. The number of unbranched alkanes of at least 4 members (excludes halogenated alkanes) is 8. The quantitative estimate of drug-likeness (QED) is 0.461. The number of benzene rings is 1. The average Bonchev–Trinajstić information content (AvgIpc) is 2.52. The van der Waals surface area contributed by atoms with Crippen LogP contribution in [0.2, 0.25) is 0 Å². The molecule has 22 heavy (non-hydrogen) atoms. The summed E-state index contributed by atoms with van der Waals surface area (Å²) in [5.74, 6) is 0. The molecule has 0 aromatic heterocycles. The number of aliphatic hydroxyl groups is 1. The molecule has 0 bridgehead atoms. The van der Waals surface area contributed by atoms with Crippen LogP contribution in [0.4, 0.5) is 0 Å². The Balaban J connectivity index is 1.75. The van der Waals surface area contributed by atoms with Crippen LogP contribution in [0, 0.1) is 0 Å². The Morgan fingerprint density at radius 1 is 0.818 bits per heavy atom. The summed E-state index contributed by atoms with van der Waals surface area (Å²) in [6, 6.07) is 10.4. The van der Waals surface area contributed by atoms with Gasteiger partial charge in [-0.25, -0.2) is 0 Å². The monoisotopic (exact) mass is 306 g/mol. The van der Waals surface area contributed by atoms with Crippen LogP contribution in [0.15, 0.2) is 30.3 Å². The predicted octanol–water partition coefficient (Wildman–Crippen LogP) is 5.49. The Kier molecular flexibility index (Phi) is 12.0. The highest BCUT2D eigenvalue weighted by Gasteiger charge is 1.96. The van der Waals surface area contributed by atoms with Crippen molar-refractivity contribution in [2.45, 2.75) is 83.8 Å². The van der Waals surface area contributed by atoms with E-state index in [1.54, 1.807) is 0 Å². The molecular weight excluding hydrogens is 272 g/mol. The van der Waals surface area contributed by atoms with Gasteiger partial charge in [-0.1, -0.05) is 81.7 Å². The highest BCUT2D eigenvalue weighted by molar-refractivity contribution is 5.13. The molecular formula is C20H34O2. The Hall–Kier alpha value is -0.860. The smallest absolute Gasteiger partial charge is 0.0716 e. The molecule has 1 rings (SSSR count). The van der Waals surface area contributed by atoms with Gasteiger partial charge >= 0.3 is 0 Å². The highest BCUT2D eigenvalue weighted by atomic mass is 16.5. The summed E-state index contributed by atoms with van der Waals surface area (Å²) in [6.07, 6.45) is 12.5. The molecule has 0 aliphatic rings. The molecule has 0 aliphatic carbocycles. The molecule has 1 N–H and O–H groups in total. The van der Waals surface area contributed by atoms with Gasteiger partial charge in [-0.15, -0.1) is 0 Å². The van der Waals surface area contributed by atoms with Crippen molar-refractivity contribution >= 4 is 0 Å². The number of rotatable bonds is 14. The Bertz CT molecular complexity index is 335. The Labute approximate surface area is 136 Å². The Morgan fingerprint density at radius 2 is 1.36 bits per heavy atom. The minimum atomic E-state index is -0.121. The first-order chi connectivity index (χ1) is 10.8.